The molecule has 2 heterocycles. The lowest BCUT2D eigenvalue weighted by molar-refractivity contribution is -0.124. The third-order valence-corrected chi connectivity index (χ3v) is 9.36. The first-order valence-electron chi connectivity index (χ1n) is 13.0. The number of hydrogen-bond donors (Lipinski definition) is 4. The van der Waals surface area contributed by atoms with Gasteiger partial charge < -0.3 is 20.8 Å². The molecule has 4 rings (SSSR count). The number of anilines is 2. The smallest absolute Gasteiger partial charge is 0.337 e. The van der Waals surface area contributed by atoms with Crippen molar-refractivity contribution in [3.63, 3.8) is 0 Å². The number of nitrogens with zero attached hydrogens (tertiary/aromatic N) is 2. The fourth-order valence-electron chi connectivity index (χ4n) is 4.23. The highest BCUT2D eigenvalue weighted by Crippen LogP contribution is 2.42. The van der Waals surface area contributed by atoms with Gasteiger partial charge in [-0.1, -0.05) is 72.2 Å². The SMILES string of the molecule is O=C(CCCN1C(=O)C(=C2SC(=S)N(CCCC(=O)Nc3ccccc3C(=O)O)C2=O)SC1=S)Nc1ccccc1C(=O)O. The number of carboxylic acids is 2. The number of carboxylic acid groups (broad SMARTS) is 2. The molecule has 44 heavy (non-hydrogen) atoms. The van der Waals surface area contributed by atoms with Crippen molar-refractivity contribution >= 4 is 104 Å². The maximum absolute atomic E-state index is 13.2. The zero-order valence-electron chi connectivity index (χ0n) is 22.7. The van der Waals surface area contributed by atoms with Crippen LogP contribution in [-0.4, -0.2) is 77.3 Å². The minimum absolute atomic E-state index is 0.00205. The van der Waals surface area contributed by atoms with Crippen LogP contribution in [-0.2, 0) is 19.2 Å². The minimum atomic E-state index is -1.17. The van der Waals surface area contributed by atoms with Crippen molar-refractivity contribution < 1.29 is 39.0 Å². The monoisotopic (exact) mass is 672 g/mol. The topological polar surface area (TPSA) is 173 Å². The van der Waals surface area contributed by atoms with Gasteiger partial charge in [0.05, 0.1) is 32.3 Å². The van der Waals surface area contributed by atoms with E-state index in [0.717, 1.165) is 23.5 Å². The molecule has 0 atom stereocenters. The van der Waals surface area contributed by atoms with E-state index < -0.39 is 35.6 Å². The van der Waals surface area contributed by atoms with Crippen LogP contribution in [0.2, 0.25) is 0 Å². The first-order valence-corrected chi connectivity index (χ1v) is 15.5. The zero-order chi connectivity index (χ0) is 32.0. The van der Waals surface area contributed by atoms with Crippen LogP contribution < -0.4 is 10.6 Å². The molecule has 2 aliphatic rings. The normalized spacial score (nSPS) is 16.5. The summed E-state index contributed by atoms with van der Waals surface area (Å²) in [6, 6.07) is 12.0. The minimum Gasteiger partial charge on any atom is -0.478 e. The van der Waals surface area contributed by atoms with Gasteiger partial charge in [0.15, 0.2) is 0 Å². The number of benzene rings is 2. The van der Waals surface area contributed by atoms with Gasteiger partial charge in [0.1, 0.15) is 8.64 Å². The summed E-state index contributed by atoms with van der Waals surface area (Å²) in [5, 5.41) is 23.7. The molecule has 0 aliphatic carbocycles. The molecule has 4 N–H and O–H groups in total. The van der Waals surface area contributed by atoms with Crippen molar-refractivity contribution in [1.82, 2.24) is 9.80 Å². The van der Waals surface area contributed by atoms with Crippen LogP contribution in [0, 0.1) is 0 Å². The van der Waals surface area contributed by atoms with Gasteiger partial charge in [0.25, 0.3) is 11.8 Å². The molecule has 0 aromatic heterocycles. The fourth-order valence-corrected chi connectivity index (χ4v) is 7.01. The summed E-state index contributed by atoms with van der Waals surface area (Å²) in [6.45, 7) is 0.227. The summed E-state index contributed by atoms with van der Waals surface area (Å²) in [4.78, 5) is 76.7. The van der Waals surface area contributed by atoms with E-state index in [1.54, 1.807) is 24.3 Å². The fraction of sp³-hybridized carbons (Fsp3) is 0.214. The van der Waals surface area contributed by atoms with E-state index >= 15 is 0 Å². The summed E-state index contributed by atoms with van der Waals surface area (Å²) in [5.74, 6) is -4.15. The van der Waals surface area contributed by atoms with Crippen molar-refractivity contribution in [3.8, 4) is 0 Å². The molecule has 0 unspecified atom stereocenters. The largest absolute Gasteiger partial charge is 0.478 e. The van der Waals surface area contributed by atoms with Gasteiger partial charge in [-0.25, -0.2) is 9.59 Å². The molecule has 0 radical (unpaired) electrons. The molecule has 2 aromatic carbocycles. The lowest BCUT2D eigenvalue weighted by Crippen LogP contribution is -2.31. The van der Waals surface area contributed by atoms with E-state index in [2.05, 4.69) is 10.6 Å². The first kappa shape index (κ1) is 32.8. The van der Waals surface area contributed by atoms with E-state index in [-0.39, 0.29) is 79.7 Å². The lowest BCUT2D eigenvalue weighted by atomic mass is 10.1. The van der Waals surface area contributed by atoms with Crippen LogP contribution in [0.3, 0.4) is 0 Å². The van der Waals surface area contributed by atoms with Gasteiger partial charge in [-0.05, 0) is 37.1 Å². The second kappa shape index (κ2) is 14.6. The Bertz CT molecular complexity index is 1510. The predicted octanol–water partition coefficient (Wildman–Crippen LogP) is 4.15. The highest BCUT2D eigenvalue weighted by atomic mass is 32.2. The maximum Gasteiger partial charge on any atom is 0.337 e. The van der Waals surface area contributed by atoms with Crippen LogP contribution in [0.25, 0.3) is 0 Å². The van der Waals surface area contributed by atoms with Crippen LogP contribution in [0.1, 0.15) is 46.4 Å². The average molecular weight is 673 g/mol. The van der Waals surface area contributed by atoms with Crippen molar-refractivity contribution in [2.75, 3.05) is 23.7 Å². The molecule has 12 nitrogen and oxygen atoms in total. The Morgan fingerprint density at radius 1 is 0.659 bits per heavy atom. The third kappa shape index (κ3) is 7.68. The number of carbonyl (C=O) groups is 6. The lowest BCUT2D eigenvalue weighted by Gasteiger charge is -2.15. The van der Waals surface area contributed by atoms with Crippen LogP contribution >= 0.6 is 48.0 Å². The number of rotatable bonds is 12. The van der Waals surface area contributed by atoms with Crippen molar-refractivity contribution in [2.45, 2.75) is 25.7 Å². The van der Waals surface area contributed by atoms with Gasteiger partial charge in [0, 0.05) is 25.9 Å². The highest BCUT2D eigenvalue weighted by molar-refractivity contribution is 8.29. The van der Waals surface area contributed by atoms with E-state index in [4.69, 9.17) is 24.4 Å². The molecule has 2 saturated heterocycles. The van der Waals surface area contributed by atoms with E-state index in [1.165, 1.54) is 34.1 Å². The maximum atomic E-state index is 13.2. The molecule has 2 aromatic rings. The van der Waals surface area contributed by atoms with Gasteiger partial charge in [-0.15, -0.1) is 0 Å². The Balaban J connectivity index is 1.29. The molecular formula is C28H24N4O8S4. The van der Waals surface area contributed by atoms with Crippen LogP contribution in [0.15, 0.2) is 58.3 Å². The van der Waals surface area contributed by atoms with Crippen LogP contribution in [0.4, 0.5) is 11.4 Å². The number of aromatic carboxylic acids is 2. The zero-order valence-corrected chi connectivity index (χ0v) is 26.0. The standard InChI is InChI=1S/C28H24N4O8S4/c33-19(29-17-9-3-1-7-15(17)25(37)38)11-5-13-31-23(35)21(43-27(31)41)22-24(36)32(28(42)44-22)14-6-12-20(34)30-18-10-4-2-8-16(18)26(39)40/h1-4,7-10H,5-6,11-14H2,(H,29,33)(H,30,34)(H,37,38)(H,39,40). The summed E-state index contributed by atoms with van der Waals surface area (Å²) < 4.78 is 0.454. The Labute approximate surface area is 270 Å². The number of para-hydroxylation sites is 2. The highest BCUT2D eigenvalue weighted by Gasteiger charge is 2.41. The molecule has 0 saturated carbocycles. The number of amides is 4. The molecule has 16 heteroatoms. The Morgan fingerprint density at radius 2 is 1.02 bits per heavy atom. The van der Waals surface area contributed by atoms with Gasteiger partial charge in [-0.2, -0.15) is 0 Å². The van der Waals surface area contributed by atoms with E-state index in [9.17, 15) is 39.0 Å². The Hall–Kier alpha value is -4.12. The number of thiocarbonyl (C=S) groups is 2. The van der Waals surface area contributed by atoms with Gasteiger partial charge in [0.2, 0.25) is 11.8 Å². The van der Waals surface area contributed by atoms with Gasteiger partial charge >= 0.3 is 11.9 Å². The summed E-state index contributed by atoms with van der Waals surface area (Å²) in [6.07, 6.45) is 0.470. The Morgan fingerprint density at radius 3 is 1.39 bits per heavy atom. The van der Waals surface area contributed by atoms with Gasteiger partial charge in [-0.3, -0.25) is 29.0 Å². The molecule has 4 amide bonds. The molecule has 0 spiro atoms. The average Bonchev–Trinajstić information content (AvgIpc) is 3.42. The number of nitrogens with one attached hydrogen (secondary N) is 2. The number of carbonyl (C=O) groups excluding carboxylic acids is 4. The van der Waals surface area contributed by atoms with Crippen molar-refractivity contribution in [3.05, 3.63) is 69.5 Å². The Kier molecular flexibility index (Phi) is 10.9. The van der Waals surface area contributed by atoms with Crippen molar-refractivity contribution in [1.29, 1.82) is 0 Å². The molecule has 0 bridgehead atoms. The molecular weight excluding hydrogens is 649 g/mol. The number of hydrogen-bond acceptors (Lipinski definition) is 10. The second-order valence-corrected chi connectivity index (χ2v) is 12.6. The first-order chi connectivity index (χ1) is 21.0. The molecule has 2 fully saturated rings. The summed E-state index contributed by atoms with van der Waals surface area (Å²) in [5.41, 5.74) is 0.253. The number of thioether (sulfide) groups is 2. The van der Waals surface area contributed by atoms with E-state index in [1.807, 2.05) is 0 Å². The van der Waals surface area contributed by atoms with Crippen LogP contribution in [0.5, 0.6) is 0 Å². The quantitative estimate of drug-likeness (QED) is 0.188. The third-order valence-electron chi connectivity index (χ3n) is 6.34. The summed E-state index contributed by atoms with van der Waals surface area (Å²) in [7, 11) is 0. The second-order valence-electron chi connectivity index (χ2n) is 9.31. The molecule has 228 valence electrons. The van der Waals surface area contributed by atoms with E-state index in [0.29, 0.717) is 0 Å². The summed E-state index contributed by atoms with van der Waals surface area (Å²) >= 11 is 12.6. The predicted molar refractivity (Wildman–Crippen MR) is 173 cm³/mol. The van der Waals surface area contributed by atoms with Crippen molar-refractivity contribution in [2.24, 2.45) is 0 Å². The molecule has 2 aliphatic heterocycles.